The van der Waals surface area contributed by atoms with Gasteiger partial charge in [-0.25, -0.2) is 13.6 Å². The molecule has 4 N–H and O–H groups in total. The van der Waals surface area contributed by atoms with Crippen molar-refractivity contribution in [1.29, 1.82) is 0 Å². The summed E-state index contributed by atoms with van der Waals surface area (Å²) in [6, 6.07) is 6.75. The SMILES string of the molecule is CCN(CCCN)c1ccccc1S(N)(=O)=O. The molecule has 0 aliphatic rings. The highest BCUT2D eigenvalue weighted by Crippen LogP contribution is 2.23. The third kappa shape index (κ3) is 3.69. The Balaban J connectivity index is 3.11. The fourth-order valence-electron chi connectivity index (χ4n) is 1.69. The van der Waals surface area contributed by atoms with Crippen LogP contribution in [0.3, 0.4) is 0 Å². The van der Waals surface area contributed by atoms with E-state index in [0.29, 0.717) is 18.8 Å². The molecule has 0 spiro atoms. The van der Waals surface area contributed by atoms with Crippen LogP contribution in [0.4, 0.5) is 5.69 Å². The molecule has 0 fully saturated rings. The van der Waals surface area contributed by atoms with Gasteiger partial charge in [0.1, 0.15) is 4.90 Å². The van der Waals surface area contributed by atoms with E-state index >= 15 is 0 Å². The van der Waals surface area contributed by atoms with Crippen molar-refractivity contribution in [2.75, 3.05) is 24.5 Å². The van der Waals surface area contributed by atoms with Crippen molar-refractivity contribution in [3.05, 3.63) is 24.3 Å². The Labute approximate surface area is 102 Å². The molecule has 0 saturated carbocycles. The summed E-state index contributed by atoms with van der Waals surface area (Å²) >= 11 is 0. The monoisotopic (exact) mass is 257 g/mol. The molecule has 0 radical (unpaired) electrons. The molecule has 0 bridgehead atoms. The second-order valence-corrected chi connectivity index (χ2v) is 5.26. The minimum absolute atomic E-state index is 0.166. The highest BCUT2D eigenvalue weighted by molar-refractivity contribution is 7.89. The maximum Gasteiger partial charge on any atom is 0.240 e. The summed E-state index contributed by atoms with van der Waals surface area (Å²) in [5.74, 6) is 0. The Morgan fingerprint density at radius 3 is 2.47 bits per heavy atom. The number of nitrogens with zero attached hydrogens (tertiary/aromatic N) is 1. The molecule has 0 aliphatic heterocycles. The molecule has 5 nitrogen and oxygen atoms in total. The van der Waals surface area contributed by atoms with E-state index in [2.05, 4.69) is 0 Å². The van der Waals surface area contributed by atoms with Crippen LogP contribution in [0, 0.1) is 0 Å². The van der Waals surface area contributed by atoms with Crippen molar-refractivity contribution in [3.8, 4) is 0 Å². The van der Waals surface area contributed by atoms with Gasteiger partial charge < -0.3 is 10.6 Å². The first kappa shape index (κ1) is 14.0. The zero-order valence-corrected chi connectivity index (χ0v) is 10.8. The first-order valence-corrected chi connectivity index (χ1v) is 7.12. The van der Waals surface area contributed by atoms with Gasteiger partial charge in [0.25, 0.3) is 0 Å². The van der Waals surface area contributed by atoms with Crippen molar-refractivity contribution < 1.29 is 8.42 Å². The molecule has 17 heavy (non-hydrogen) atoms. The van der Waals surface area contributed by atoms with Crippen LogP contribution >= 0.6 is 0 Å². The van der Waals surface area contributed by atoms with Gasteiger partial charge in [-0.1, -0.05) is 12.1 Å². The maximum atomic E-state index is 11.5. The molecule has 0 saturated heterocycles. The van der Waals surface area contributed by atoms with E-state index < -0.39 is 10.0 Å². The van der Waals surface area contributed by atoms with Crippen molar-refractivity contribution in [1.82, 2.24) is 0 Å². The molecule has 6 heteroatoms. The zero-order chi connectivity index (χ0) is 12.9. The molecule has 1 aromatic carbocycles. The Bertz CT molecular complexity index is 460. The molecule has 0 heterocycles. The first-order chi connectivity index (χ1) is 8.00. The molecule has 96 valence electrons. The van der Waals surface area contributed by atoms with Gasteiger partial charge in [0.2, 0.25) is 10.0 Å². The Hall–Kier alpha value is -1.11. The Morgan fingerprint density at radius 2 is 1.94 bits per heavy atom. The van der Waals surface area contributed by atoms with Crippen molar-refractivity contribution >= 4 is 15.7 Å². The van der Waals surface area contributed by atoms with Crippen LogP contribution < -0.4 is 15.8 Å². The molecule has 0 amide bonds. The number of anilines is 1. The van der Waals surface area contributed by atoms with E-state index in [1.807, 2.05) is 11.8 Å². The van der Waals surface area contributed by atoms with Gasteiger partial charge in [-0.15, -0.1) is 0 Å². The minimum atomic E-state index is -3.69. The number of nitrogens with two attached hydrogens (primary N) is 2. The summed E-state index contributed by atoms with van der Waals surface area (Å²) < 4.78 is 22.9. The van der Waals surface area contributed by atoms with Gasteiger partial charge in [-0.3, -0.25) is 0 Å². The molecular formula is C11H19N3O2S. The molecule has 0 aliphatic carbocycles. The largest absolute Gasteiger partial charge is 0.371 e. The molecular weight excluding hydrogens is 238 g/mol. The fraction of sp³-hybridized carbons (Fsp3) is 0.455. The lowest BCUT2D eigenvalue weighted by Crippen LogP contribution is -2.28. The predicted octanol–water partition coefficient (Wildman–Crippen LogP) is 0.509. The minimum Gasteiger partial charge on any atom is -0.371 e. The number of benzene rings is 1. The summed E-state index contributed by atoms with van der Waals surface area (Å²) in [7, 11) is -3.69. The molecule has 0 aromatic heterocycles. The van der Waals surface area contributed by atoms with Crippen LogP contribution in [0.5, 0.6) is 0 Å². The van der Waals surface area contributed by atoms with Gasteiger partial charge in [-0.2, -0.15) is 0 Å². The number of primary sulfonamides is 1. The highest BCUT2D eigenvalue weighted by atomic mass is 32.2. The summed E-state index contributed by atoms with van der Waals surface area (Å²) in [5.41, 5.74) is 6.11. The second kappa shape index (κ2) is 6.00. The quantitative estimate of drug-likeness (QED) is 0.777. The Kier molecular flexibility index (Phi) is 4.92. The van der Waals surface area contributed by atoms with Crippen LogP contribution in [-0.4, -0.2) is 28.1 Å². The average molecular weight is 257 g/mol. The summed E-state index contributed by atoms with van der Waals surface area (Å²) in [6.45, 7) is 3.98. The van der Waals surface area contributed by atoms with Crippen LogP contribution in [0.15, 0.2) is 29.2 Å². The molecule has 1 rings (SSSR count). The topological polar surface area (TPSA) is 89.4 Å². The van der Waals surface area contributed by atoms with Gasteiger partial charge in [0, 0.05) is 13.1 Å². The first-order valence-electron chi connectivity index (χ1n) is 5.57. The predicted molar refractivity (Wildman–Crippen MR) is 69.4 cm³/mol. The van der Waals surface area contributed by atoms with Crippen LogP contribution in [-0.2, 0) is 10.0 Å². The number of sulfonamides is 1. The van der Waals surface area contributed by atoms with Crippen molar-refractivity contribution in [2.45, 2.75) is 18.2 Å². The summed E-state index contributed by atoms with van der Waals surface area (Å²) in [6.07, 6.45) is 0.812. The number of hydrogen-bond donors (Lipinski definition) is 2. The van der Waals surface area contributed by atoms with Crippen molar-refractivity contribution in [2.24, 2.45) is 10.9 Å². The summed E-state index contributed by atoms with van der Waals surface area (Å²) in [4.78, 5) is 2.13. The van der Waals surface area contributed by atoms with Gasteiger partial charge >= 0.3 is 0 Å². The van der Waals surface area contributed by atoms with Crippen LogP contribution in [0.25, 0.3) is 0 Å². The zero-order valence-electron chi connectivity index (χ0n) is 9.96. The maximum absolute atomic E-state index is 11.5. The summed E-state index contributed by atoms with van der Waals surface area (Å²) in [5, 5.41) is 5.20. The van der Waals surface area contributed by atoms with E-state index in [1.54, 1.807) is 18.2 Å². The molecule has 0 atom stereocenters. The van der Waals surface area contributed by atoms with E-state index in [-0.39, 0.29) is 4.90 Å². The molecule has 0 unspecified atom stereocenters. The van der Waals surface area contributed by atoms with Gasteiger partial charge in [0.05, 0.1) is 5.69 Å². The van der Waals surface area contributed by atoms with Crippen molar-refractivity contribution in [3.63, 3.8) is 0 Å². The van der Waals surface area contributed by atoms with Crippen LogP contribution in [0.1, 0.15) is 13.3 Å². The standard InChI is InChI=1S/C11H19N3O2S/c1-2-14(9-5-8-12)10-6-3-4-7-11(10)17(13,15)16/h3-4,6-7H,2,5,8-9,12H2,1H3,(H2,13,15,16). The number of hydrogen-bond acceptors (Lipinski definition) is 4. The smallest absolute Gasteiger partial charge is 0.240 e. The van der Waals surface area contributed by atoms with E-state index in [1.165, 1.54) is 6.07 Å². The third-order valence-corrected chi connectivity index (χ3v) is 3.48. The lowest BCUT2D eigenvalue weighted by Gasteiger charge is -2.24. The van der Waals surface area contributed by atoms with Gasteiger partial charge in [0.15, 0.2) is 0 Å². The number of rotatable bonds is 6. The normalized spacial score (nSPS) is 11.5. The van der Waals surface area contributed by atoms with Crippen LogP contribution in [0.2, 0.25) is 0 Å². The lowest BCUT2D eigenvalue weighted by atomic mass is 10.2. The third-order valence-electron chi connectivity index (χ3n) is 2.53. The lowest BCUT2D eigenvalue weighted by molar-refractivity contribution is 0.597. The molecule has 1 aromatic rings. The second-order valence-electron chi connectivity index (χ2n) is 3.73. The number of para-hydroxylation sites is 1. The van der Waals surface area contributed by atoms with E-state index in [4.69, 9.17) is 10.9 Å². The fourth-order valence-corrected chi connectivity index (χ4v) is 2.45. The Morgan fingerprint density at radius 1 is 1.29 bits per heavy atom. The average Bonchev–Trinajstić information content (AvgIpc) is 2.29. The highest BCUT2D eigenvalue weighted by Gasteiger charge is 2.16. The van der Waals surface area contributed by atoms with E-state index in [0.717, 1.165) is 13.0 Å². The van der Waals surface area contributed by atoms with Gasteiger partial charge in [-0.05, 0) is 32.0 Å². The van der Waals surface area contributed by atoms with E-state index in [9.17, 15) is 8.42 Å².